The van der Waals surface area contributed by atoms with Crippen LogP contribution in [0, 0.1) is 6.92 Å². The molecule has 80 valence electrons. The van der Waals surface area contributed by atoms with Crippen LogP contribution >= 0.6 is 34.5 Å². The molecule has 2 aromatic rings. The van der Waals surface area contributed by atoms with E-state index >= 15 is 0 Å². The molecule has 0 aliphatic heterocycles. The average molecular weight is 261 g/mol. The van der Waals surface area contributed by atoms with Gasteiger partial charge in [-0.1, -0.05) is 15.8 Å². The molecule has 0 spiro atoms. The largest absolute Gasteiger partial charge is 0.161 e. The molecular formula is C8H9ClN4S2. The maximum atomic E-state index is 5.62. The average Bonchev–Trinajstić information content (AvgIpc) is 2.83. The number of alkyl halides is 1. The number of aromatic nitrogens is 4. The lowest BCUT2D eigenvalue weighted by atomic mass is 10.4. The van der Waals surface area contributed by atoms with Crippen LogP contribution < -0.4 is 0 Å². The third kappa shape index (κ3) is 2.50. The standard InChI is InChI=1S/C8H9ClN4S2/c1-5-7(15-13-10-5)8-12-11-6(14-8)3-2-4-9/h2-4H2,1H3. The highest BCUT2D eigenvalue weighted by molar-refractivity contribution is 7.19. The molecule has 0 aliphatic carbocycles. The molecule has 2 rings (SSSR count). The Hall–Kier alpha value is -0.590. The van der Waals surface area contributed by atoms with Crippen molar-refractivity contribution in [2.45, 2.75) is 19.8 Å². The Labute approximate surface area is 100 Å². The molecule has 4 nitrogen and oxygen atoms in total. The van der Waals surface area contributed by atoms with Crippen LogP contribution in [0.5, 0.6) is 0 Å². The molecule has 7 heteroatoms. The van der Waals surface area contributed by atoms with E-state index in [1.165, 1.54) is 11.5 Å². The minimum Gasteiger partial charge on any atom is -0.143 e. The van der Waals surface area contributed by atoms with Gasteiger partial charge in [-0.25, -0.2) is 0 Å². The number of hydrogen-bond donors (Lipinski definition) is 0. The summed E-state index contributed by atoms with van der Waals surface area (Å²) in [7, 11) is 0. The van der Waals surface area contributed by atoms with Gasteiger partial charge in [-0.2, -0.15) is 0 Å². The Morgan fingerprint density at radius 1 is 1.27 bits per heavy atom. The SMILES string of the molecule is Cc1nnsc1-c1nnc(CCCCl)s1. The topological polar surface area (TPSA) is 51.6 Å². The minimum atomic E-state index is 0.663. The van der Waals surface area contributed by atoms with Gasteiger partial charge in [0.05, 0.1) is 5.69 Å². The minimum absolute atomic E-state index is 0.663. The summed E-state index contributed by atoms with van der Waals surface area (Å²) in [6, 6.07) is 0. The van der Waals surface area contributed by atoms with Crippen molar-refractivity contribution in [3.05, 3.63) is 10.7 Å². The number of halogens is 1. The fourth-order valence-corrected chi connectivity index (χ4v) is 2.87. The molecule has 0 saturated carbocycles. The van der Waals surface area contributed by atoms with Crippen molar-refractivity contribution in [2.24, 2.45) is 0 Å². The summed E-state index contributed by atoms with van der Waals surface area (Å²) in [6.45, 7) is 1.93. The Balaban J connectivity index is 2.17. The lowest BCUT2D eigenvalue weighted by molar-refractivity contribution is 0.884. The first-order valence-corrected chi connectivity index (χ1v) is 6.61. The van der Waals surface area contributed by atoms with Gasteiger partial charge in [-0.3, -0.25) is 0 Å². The summed E-state index contributed by atoms with van der Waals surface area (Å²) in [5, 5.41) is 14.1. The Bertz CT molecular complexity index is 439. The lowest BCUT2D eigenvalue weighted by Gasteiger charge is -1.88. The molecule has 2 heterocycles. The van der Waals surface area contributed by atoms with Crippen molar-refractivity contribution in [3.8, 4) is 9.88 Å². The fraction of sp³-hybridized carbons (Fsp3) is 0.500. The predicted molar refractivity (Wildman–Crippen MR) is 62.6 cm³/mol. The third-order valence-corrected chi connectivity index (χ3v) is 4.07. The van der Waals surface area contributed by atoms with Crippen LogP contribution in [0.2, 0.25) is 0 Å². The molecule has 0 atom stereocenters. The first kappa shape index (κ1) is 10.9. The van der Waals surface area contributed by atoms with Crippen LogP contribution in [0.1, 0.15) is 17.1 Å². The molecule has 0 radical (unpaired) electrons. The van der Waals surface area contributed by atoms with E-state index in [0.29, 0.717) is 5.88 Å². The molecule has 0 saturated heterocycles. The third-order valence-electron chi connectivity index (χ3n) is 1.84. The van der Waals surface area contributed by atoms with Gasteiger partial charge in [0.1, 0.15) is 9.88 Å². The van der Waals surface area contributed by atoms with Crippen molar-refractivity contribution < 1.29 is 0 Å². The molecule has 0 aliphatic rings. The van der Waals surface area contributed by atoms with Crippen LogP contribution in [0.15, 0.2) is 0 Å². The molecule has 2 aromatic heterocycles. The van der Waals surface area contributed by atoms with E-state index in [9.17, 15) is 0 Å². The first-order chi connectivity index (χ1) is 7.31. The van der Waals surface area contributed by atoms with Gasteiger partial charge in [0.2, 0.25) is 0 Å². The molecule has 0 fully saturated rings. The van der Waals surface area contributed by atoms with E-state index in [1.54, 1.807) is 11.3 Å². The van der Waals surface area contributed by atoms with Gasteiger partial charge in [-0.15, -0.1) is 26.9 Å². The Morgan fingerprint density at radius 2 is 2.13 bits per heavy atom. The Kier molecular flexibility index (Phi) is 3.61. The zero-order valence-corrected chi connectivity index (χ0v) is 10.5. The lowest BCUT2D eigenvalue weighted by Crippen LogP contribution is -1.84. The Morgan fingerprint density at radius 3 is 2.80 bits per heavy atom. The fourth-order valence-electron chi connectivity index (χ4n) is 1.09. The van der Waals surface area contributed by atoms with Gasteiger partial charge in [0.15, 0.2) is 5.01 Å². The zero-order valence-electron chi connectivity index (χ0n) is 8.10. The van der Waals surface area contributed by atoms with E-state index in [0.717, 1.165) is 33.4 Å². The predicted octanol–water partition coefficient (Wildman–Crippen LogP) is 2.54. The smallest absolute Gasteiger partial charge is 0.143 e. The number of rotatable bonds is 4. The van der Waals surface area contributed by atoms with E-state index in [2.05, 4.69) is 19.8 Å². The number of nitrogens with zero attached hydrogens (tertiary/aromatic N) is 4. The van der Waals surface area contributed by atoms with Gasteiger partial charge >= 0.3 is 0 Å². The van der Waals surface area contributed by atoms with Gasteiger partial charge in [-0.05, 0) is 24.9 Å². The van der Waals surface area contributed by atoms with Gasteiger partial charge in [0.25, 0.3) is 0 Å². The van der Waals surface area contributed by atoms with Crippen molar-refractivity contribution in [1.29, 1.82) is 0 Å². The molecule has 15 heavy (non-hydrogen) atoms. The monoisotopic (exact) mass is 260 g/mol. The van der Waals surface area contributed by atoms with Crippen LogP contribution in [0.3, 0.4) is 0 Å². The summed E-state index contributed by atoms with van der Waals surface area (Å²) in [6.07, 6.45) is 1.84. The summed E-state index contributed by atoms with van der Waals surface area (Å²) >= 11 is 8.58. The molecule has 0 bridgehead atoms. The highest BCUT2D eigenvalue weighted by Gasteiger charge is 2.11. The first-order valence-electron chi connectivity index (χ1n) is 4.49. The van der Waals surface area contributed by atoms with Crippen molar-refractivity contribution in [3.63, 3.8) is 0 Å². The second kappa shape index (κ2) is 4.96. The van der Waals surface area contributed by atoms with Crippen molar-refractivity contribution >= 4 is 34.5 Å². The van der Waals surface area contributed by atoms with Crippen LogP contribution in [-0.2, 0) is 6.42 Å². The summed E-state index contributed by atoms with van der Waals surface area (Å²) in [4.78, 5) is 1.02. The maximum Gasteiger partial charge on any atom is 0.161 e. The maximum absolute atomic E-state index is 5.62. The highest BCUT2D eigenvalue weighted by Crippen LogP contribution is 2.28. The summed E-state index contributed by atoms with van der Waals surface area (Å²) < 4.78 is 3.88. The zero-order chi connectivity index (χ0) is 10.7. The van der Waals surface area contributed by atoms with Gasteiger partial charge in [0, 0.05) is 12.3 Å². The van der Waals surface area contributed by atoms with Crippen molar-refractivity contribution in [1.82, 2.24) is 19.8 Å². The summed E-state index contributed by atoms with van der Waals surface area (Å²) in [5.74, 6) is 0.663. The van der Waals surface area contributed by atoms with Crippen LogP contribution in [0.4, 0.5) is 0 Å². The summed E-state index contributed by atoms with van der Waals surface area (Å²) in [5.41, 5.74) is 0.917. The second-order valence-electron chi connectivity index (χ2n) is 2.98. The number of aryl methyl sites for hydroxylation is 2. The van der Waals surface area contributed by atoms with E-state index in [-0.39, 0.29) is 0 Å². The highest BCUT2D eigenvalue weighted by atomic mass is 35.5. The van der Waals surface area contributed by atoms with Gasteiger partial charge < -0.3 is 0 Å². The number of hydrogen-bond acceptors (Lipinski definition) is 6. The quantitative estimate of drug-likeness (QED) is 0.793. The molecular weight excluding hydrogens is 252 g/mol. The van der Waals surface area contributed by atoms with Crippen LogP contribution in [0.25, 0.3) is 9.88 Å². The second-order valence-corrected chi connectivity index (χ2v) is 5.18. The molecule has 0 N–H and O–H groups in total. The van der Waals surface area contributed by atoms with E-state index in [1.807, 2.05) is 6.92 Å². The van der Waals surface area contributed by atoms with Crippen LogP contribution in [-0.4, -0.2) is 25.7 Å². The van der Waals surface area contributed by atoms with E-state index in [4.69, 9.17) is 11.6 Å². The molecule has 0 unspecified atom stereocenters. The molecule has 0 aromatic carbocycles. The molecule has 0 amide bonds. The van der Waals surface area contributed by atoms with E-state index < -0.39 is 0 Å². The normalized spacial score (nSPS) is 10.8. The van der Waals surface area contributed by atoms with Crippen molar-refractivity contribution in [2.75, 3.05) is 5.88 Å².